The smallest absolute Gasteiger partial charge is 0.238 e. The van der Waals surface area contributed by atoms with Crippen LogP contribution < -0.4 is 5.32 Å². The van der Waals surface area contributed by atoms with Crippen molar-refractivity contribution in [2.24, 2.45) is 0 Å². The van der Waals surface area contributed by atoms with Crippen molar-refractivity contribution in [3.05, 3.63) is 64.5 Å². The van der Waals surface area contributed by atoms with E-state index in [2.05, 4.69) is 5.32 Å². The molecular weight excluding hydrogens is 317 g/mol. The maximum atomic E-state index is 13.6. The van der Waals surface area contributed by atoms with Gasteiger partial charge in [0.25, 0.3) is 0 Å². The highest BCUT2D eigenvalue weighted by atomic mass is 19.2. The predicted octanol–water partition coefficient (Wildman–Crippen LogP) is 3.79. The Morgan fingerprint density at radius 2 is 1.79 bits per heavy atom. The van der Waals surface area contributed by atoms with Gasteiger partial charge in [0.2, 0.25) is 5.91 Å². The predicted molar refractivity (Wildman–Crippen MR) is 87.2 cm³/mol. The van der Waals surface area contributed by atoms with Crippen LogP contribution in [0, 0.1) is 31.3 Å². The number of benzene rings is 2. The number of nitrogens with zero attached hydrogens (tertiary/aromatic N) is 1. The molecule has 24 heavy (non-hydrogen) atoms. The summed E-state index contributed by atoms with van der Waals surface area (Å²) in [5, 5.41) is 2.26. The standard InChI is InChI=1S/C18H19F3N2O/c1-11-4-5-12(2)13(8-11)9-23(3)10-16(24)22-15-7-6-14(19)17(20)18(15)21/h4-8H,9-10H2,1-3H3,(H,22,24). The Labute approximate surface area is 139 Å². The number of amides is 1. The van der Waals surface area contributed by atoms with Crippen LogP contribution in [-0.4, -0.2) is 24.4 Å². The molecule has 0 aliphatic carbocycles. The molecule has 0 aliphatic heterocycles. The van der Waals surface area contributed by atoms with Gasteiger partial charge in [0, 0.05) is 6.54 Å². The molecule has 0 atom stereocenters. The minimum atomic E-state index is -1.60. The van der Waals surface area contributed by atoms with E-state index in [0.29, 0.717) is 6.54 Å². The molecule has 0 fully saturated rings. The molecule has 0 saturated heterocycles. The lowest BCUT2D eigenvalue weighted by Gasteiger charge is -2.18. The number of rotatable bonds is 5. The summed E-state index contributed by atoms with van der Waals surface area (Å²) in [5.74, 6) is -4.80. The zero-order valence-electron chi connectivity index (χ0n) is 13.8. The second kappa shape index (κ2) is 7.49. The molecule has 0 bridgehead atoms. The van der Waals surface area contributed by atoms with Gasteiger partial charge in [-0.2, -0.15) is 0 Å². The topological polar surface area (TPSA) is 32.3 Å². The lowest BCUT2D eigenvalue weighted by atomic mass is 10.1. The Balaban J connectivity index is 1.99. The van der Waals surface area contributed by atoms with Crippen LogP contribution in [0.15, 0.2) is 30.3 Å². The van der Waals surface area contributed by atoms with Gasteiger partial charge < -0.3 is 5.32 Å². The maximum Gasteiger partial charge on any atom is 0.238 e. The van der Waals surface area contributed by atoms with Crippen molar-refractivity contribution >= 4 is 11.6 Å². The number of hydrogen-bond acceptors (Lipinski definition) is 2. The van der Waals surface area contributed by atoms with Crippen LogP contribution in [0.1, 0.15) is 16.7 Å². The van der Waals surface area contributed by atoms with Crippen molar-refractivity contribution < 1.29 is 18.0 Å². The van der Waals surface area contributed by atoms with Crippen LogP contribution in [0.3, 0.4) is 0 Å². The van der Waals surface area contributed by atoms with Crippen molar-refractivity contribution in [3.8, 4) is 0 Å². The Hall–Kier alpha value is -2.34. The van der Waals surface area contributed by atoms with E-state index in [1.165, 1.54) is 0 Å². The lowest BCUT2D eigenvalue weighted by molar-refractivity contribution is -0.117. The van der Waals surface area contributed by atoms with Gasteiger partial charge in [0.1, 0.15) is 0 Å². The second-order valence-electron chi connectivity index (χ2n) is 5.87. The molecule has 2 aromatic rings. The van der Waals surface area contributed by atoms with Crippen molar-refractivity contribution in [3.63, 3.8) is 0 Å². The van der Waals surface area contributed by atoms with E-state index in [-0.39, 0.29) is 12.2 Å². The zero-order chi connectivity index (χ0) is 17.9. The average molecular weight is 336 g/mol. The minimum Gasteiger partial charge on any atom is -0.322 e. The molecular formula is C18H19F3N2O. The lowest BCUT2D eigenvalue weighted by Crippen LogP contribution is -2.30. The largest absolute Gasteiger partial charge is 0.322 e. The molecule has 6 heteroatoms. The molecule has 0 aromatic heterocycles. The number of anilines is 1. The van der Waals surface area contributed by atoms with Crippen LogP contribution >= 0.6 is 0 Å². The first-order valence-electron chi connectivity index (χ1n) is 7.46. The van der Waals surface area contributed by atoms with Gasteiger partial charge in [-0.05, 0) is 44.2 Å². The quantitative estimate of drug-likeness (QED) is 0.843. The first-order valence-corrected chi connectivity index (χ1v) is 7.46. The maximum absolute atomic E-state index is 13.6. The third-order valence-electron chi connectivity index (χ3n) is 3.67. The van der Waals surface area contributed by atoms with Gasteiger partial charge in [-0.3, -0.25) is 9.69 Å². The van der Waals surface area contributed by atoms with Gasteiger partial charge in [-0.15, -0.1) is 0 Å². The van der Waals surface area contributed by atoms with Gasteiger partial charge in [0.15, 0.2) is 17.5 Å². The first-order chi connectivity index (χ1) is 11.3. The van der Waals surface area contributed by atoms with E-state index in [1.807, 2.05) is 32.0 Å². The molecule has 1 N–H and O–H groups in total. The molecule has 1 amide bonds. The third kappa shape index (κ3) is 4.35. The molecule has 0 heterocycles. The summed E-state index contributed by atoms with van der Waals surface area (Å²) in [6.07, 6.45) is 0. The summed E-state index contributed by atoms with van der Waals surface area (Å²) in [6, 6.07) is 7.83. The fourth-order valence-electron chi connectivity index (χ4n) is 2.37. The van der Waals surface area contributed by atoms with Crippen molar-refractivity contribution in [2.75, 3.05) is 18.9 Å². The molecule has 0 saturated carbocycles. The van der Waals surface area contributed by atoms with Crippen LogP contribution in [0.4, 0.5) is 18.9 Å². The molecule has 0 radical (unpaired) electrons. The van der Waals surface area contributed by atoms with Gasteiger partial charge in [-0.1, -0.05) is 23.8 Å². The Bertz CT molecular complexity index is 762. The van der Waals surface area contributed by atoms with Crippen LogP contribution in [0.5, 0.6) is 0 Å². The Morgan fingerprint density at radius 1 is 1.08 bits per heavy atom. The SMILES string of the molecule is Cc1ccc(C)c(CN(C)CC(=O)Nc2ccc(F)c(F)c2F)c1. The van der Waals surface area contributed by atoms with E-state index in [0.717, 1.165) is 28.8 Å². The molecule has 2 aromatic carbocycles. The normalized spacial score (nSPS) is 11.0. The zero-order valence-corrected chi connectivity index (χ0v) is 13.8. The molecule has 128 valence electrons. The average Bonchev–Trinajstić information content (AvgIpc) is 2.51. The molecule has 0 aliphatic rings. The van der Waals surface area contributed by atoms with E-state index in [9.17, 15) is 18.0 Å². The van der Waals surface area contributed by atoms with E-state index in [4.69, 9.17) is 0 Å². The van der Waals surface area contributed by atoms with E-state index >= 15 is 0 Å². The summed E-state index contributed by atoms with van der Waals surface area (Å²) in [5.41, 5.74) is 2.94. The number of halogens is 3. The van der Waals surface area contributed by atoms with E-state index < -0.39 is 23.4 Å². The monoisotopic (exact) mass is 336 g/mol. The first kappa shape index (κ1) is 18.0. The van der Waals surface area contributed by atoms with Crippen LogP contribution in [-0.2, 0) is 11.3 Å². The number of carbonyl (C=O) groups excluding carboxylic acids is 1. The van der Waals surface area contributed by atoms with Crippen molar-refractivity contribution in [1.82, 2.24) is 4.90 Å². The van der Waals surface area contributed by atoms with E-state index in [1.54, 1.807) is 11.9 Å². The fraction of sp³-hybridized carbons (Fsp3) is 0.278. The van der Waals surface area contributed by atoms with Crippen LogP contribution in [0.25, 0.3) is 0 Å². The Kier molecular flexibility index (Phi) is 5.62. The van der Waals surface area contributed by atoms with Gasteiger partial charge >= 0.3 is 0 Å². The minimum absolute atomic E-state index is 0.00812. The third-order valence-corrected chi connectivity index (χ3v) is 3.67. The summed E-state index contributed by atoms with van der Waals surface area (Å²) >= 11 is 0. The number of nitrogens with one attached hydrogen (secondary N) is 1. The molecule has 0 spiro atoms. The molecule has 3 nitrogen and oxygen atoms in total. The number of likely N-dealkylation sites (N-methyl/N-ethyl adjacent to an activating group) is 1. The van der Waals surface area contributed by atoms with Crippen molar-refractivity contribution in [2.45, 2.75) is 20.4 Å². The number of aryl methyl sites for hydroxylation is 2. The van der Waals surface area contributed by atoms with Gasteiger partial charge in [-0.25, -0.2) is 13.2 Å². The number of hydrogen-bond donors (Lipinski definition) is 1. The molecule has 2 rings (SSSR count). The highest BCUT2D eigenvalue weighted by Crippen LogP contribution is 2.19. The Morgan fingerprint density at radius 3 is 2.50 bits per heavy atom. The summed E-state index contributed by atoms with van der Waals surface area (Å²) in [7, 11) is 1.75. The number of carbonyl (C=O) groups is 1. The summed E-state index contributed by atoms with van der Waals surface area (Å²) in [6.45, 7) is 4.51. The fourth-order valence-corrected chi connectivity index (χ4v) is 2.37. The highest BCUT2D eigenvalue weighted by Gasteiger charge is 2.16. The van der Waals surface area contributed by atoms with Crippen LogP contribution in [0.2, 0.25) is 0 Å². The van der Waals surface area contributed by atoms with Gasteiger partial charge in [0.05, 0.1) is 12.2 Å². The highest BCUT2D eigenvalue weighted by molar-refractivity contribution is 5.92. The summed E-state index contributed by atoms with van der Waals surface area (Å²) in [4.78, 5) is 13.7. The molecule has 0 unspecified atom stereocenters. The summed E-state index contributed by atoms with van der Waals surface area (Å²) < 4.78 is 39.6. The second-order valence-corrected chi connectivity index (χ2v) is 5.87. The van der Waals surface area contributed by atoms with Crippen molar-refractivity contribution in [1.29, 1.82) is 0 Å².